The van der Waals surface area contributed by atoms with Crippen LogP contribution in [0.3, 0.4) is 0 Å². The molecule has 0 saturated heterocycles. The average molecular weight is 537 g/mol. The number of halogens is 1. The molecular weight excluding hydrogens is 503 g/mol. The maximum atomic E-state index is 14.4. The van der Waals surface area contributed by atoms with E-state index in [1.165, 1.54) is 37.0 Å². The molecule has 0 spiro atoms. The summed E-state index contributed by atoms with van der Waals surface area (Å²) in [5, 5.41) is 12.0. The van der Waals surface area contributed by atoms with E-state index in [-0.39, 0.29) is 11.9 Å². The van der Waals surface area contributed by atoms with E-state index in [9.17, 15) is 4.39 Å². The molecule has 0 bridgehead atoms. The Balaban J connectivity index is 1.29. The third-order valence-electron chi connectivity index (χ3n) is 8.44. The third kappa shape index (κ3) is 4.70. The van der Waals surface area contributed by atoms with Crippen molar-refractivity contribution in [2.75, 3.05) is 6.54 Å². The van der Waals surface area contributed by atoms with Gasteiger partial charge < -0.3 is 14.3 Å². The van der Waals surface area contributed by atoms with E-state index in [0.717, 1.165) is 58.8 Å². The molecular formula is C32H33FN6O. The molecule has 40 heavy (non-hydrogen) atoms. The molecule has 1 unspecified atom stereocenters. The lowest BCUT2D eigenvalue weighted by molar-refractivity contribution is 0.292. The molecule has 1 atom stereocenters. The second-order valence-corrected chi connectivity index (χ2v) is 11.5. The molecule has 8 heteroatoms. The first-order valence-electron chi connectivity index (χ1n) is 14.2. The summed E-state index contributed by atoms with van der Waals surface area (Å²) < 4.78 is 22.6. The van der Waals surface area contributed by atoms with Crippen molar-refractivity contribution in [3.8, 4) is 34.1 Å². The third-order valence-corrected chi connectivity index (χ3v) is 8.44. The predicted octanol–water partition coefficient (Wildman–Crippen LogP) is 7.13. The predicted molar refractivity (Wildman–Crippen MR) is 153 cm³/mol. The average Bonchev–Trinajstić information content (AvgIpc) is 3.54. The van der Waals surface area contributed by atoms with Crippen molar-refractivity contribution in [3.63, 3.8) is 0 Å². The van der Waals surface area contributed by atoms with Gasteiger partial charge in [-0.05, 0) is 105 Å². The van der Waals surface area contributed by atoms with Gasteiger partial charge in [0.05, 0.1) is 0 Å². The Morgan fingerprint density at radius 1 is 1.05 bits per heavy atom. The van der Waals surface area contributed by atoms with Crippen molar-refractivity contribution in [1.82, 2.24) is 30.0 Å². The van der Waals surface area contributed by atoms with E-state index in [0.29, 0.717) is 28.9 Å². The van der Waals surface area contributed by atoms with E-state index in [2.05, 4.69) is 47.6 Å². The molecule has 7 nitrogen and oxygen atoms in total. The zero-order valence-corrected chi connectivity index (χ0v) is 23.1. The van der Waals surface area contributed by atoms with Gasteiger partial charge in [-0.3, -0.25) is 0 Å². The second-order valence-electron chi connectivity index (χ2n) is 11.5. The Bertz CT molecular complexity index is 1710. The largest absolute Gasteiger partial charge is 0.434 e. The van der Waals surface area contributed by atoms with Crippen LogP contribution >= 0.6 is 0 Å². The highest BCUT2D eigenvalue weighted by molar-refractivity contribution is 5.84. The van der Waals surface area contributed by atoms with Gasteiger partial charge in [0.15, 0.2) is 11.4 Å². The molecule has 3 aromatic heterocycles. The van der Waals surface area contributed by atoms with Crippen molar-refractivity contribution >= 4 is 11.1 Å². The van der Waals surface area contributed by atoms with Gasteiger partial charge in [-0.25, -0.2) is 14.4 Å². The van der Waals surface area contributed by atoms with Gasteiger partial charge in [-0.1, -0.05) is 18.6 Å². The van der Waals surface area contributed by atoms with Gasteiger partial charge in [0.25, 0.3) is 0 Å². The molecule has 0 amide bonds. The first-order valence-corrected chi connectivity index (χ1v) is 14.2. The van der Waals surface area contributed by atoms with Gasteiger partial charge >= 0.3 is 0 Å². The number of pyridine rings is 1. The van der Waals surface area contributed by atoms with E-state index in [1.54, 1.807) is 17.0 Å². The number of hydrogen-bond donors (Lipinski definition) is 1. The van der Waals surface area contributed by atoms with Crippen molar-refractivity contribution in [1.29, 1.82) is 0 Å². The minimum atomic E-state index is -0.319. The Morgan fingerprint density at radius 2 is 1.90 bits per heavy atom. The smallest absolute Gasteiger partial charge is 0.246 e. The molecule has 2 aliphatic rings. The fourth-order valence-electron chi connectivity index (χ4n) is 5.63. The topological polar surface area (TPSA) is 81.7 Å². The molecule has 2 fully saturated rings. The zero-order valence-electron chi connectivity index (χ0n) is 23.1. The van der Waals surface area contributed by atoms with Crippen LogP contribution in [0.4, 0.5) is 4.39 Å². The molecule has 0 radical (unpaired) electrons. The van der Waals surface area contributed by atoms with Crippen LogP contribution in [-0.2, 0) is 7.05 Å². The first kappa shape index (κ1) is 25.1. The minimum absolute atomic E-state index is 0.240. The summed E-state index contributed by atoms with van der Waals surface area (Å²) in [4.78, 5) is 9.91. The van der Waals surface area contributed by atoms with E-state index in [1.807, 2.05) is 13.1 Å². The van der Waals surface area contributed by atoms with Gasteiger partial charge in [0.1, 0.15) is 23.4 Å². The summed E-state index contributed by atoms with van der Waals surface area (Å²) in [6.45, 7) is 5.35. The number of fused-ring (bicyclic) bond motifs is 1. The number of benzene rings is 2. The highest BCUT2D eigenvalue weighted by Gasteiger charge is 2.28. The molecule has 2 saturated carbocycles. The van der Waals surface area contributed by atoms with Crippen LogP contribution in [-0.4, -0.2) is 31.3 Å². The molecule has 2 aromatic carbocycles. The van der Waals surface area contributed by atoms with Crippen LogP contribution in [0.15, 0.2) is 53.2 Å². The molecule has 204 valence electrons. The molecule has 1 N–H and O–H groups in total. The van der Waals surface area contributed by atoms with Crippen molar-refractivity contribution in [3.05, 3.63) is 71.4 Å². The molecule has 5 aromatic rings. The number of oxazole rings is 1. The number of nitrogens with zero attached hydrogens (tertiary/aromatic N) is 5. The number of rotatable bonds is 8. The van der Waals surface area contributed by atoms with E-state index < -0.39 is 0 Å². The monoisotopic (exact) mass is 536 g/mol. The van der Waals surface area contributed by atoms with Crippen LogP contribution in [0.5, 0.6) is 0 Å². The summed E-state index contributed by atoms with van der Waals surface area (Å²) in [6.07, 6.45) is 7.85. The fourth-order valence-corrected chi connectivity index (χ4v) is 5.63. The van der Waals surface area contributed by atoms with Gasteiger partial charge in [-0.2, -0.15) is 0 Å². The Morgan fingerprint density at radius 3 is 2.62 bits per heavy atom. The maximum absolute atomic E-state index is 14.4. The summed E-state index contributed by atoms with van der Waals surface area (Å²) in [5.74, 6) is 2.00. The zero-order chi connectivity index (χ0) is 27.4. The van der Waals surface area contributed by atoms with Gasteiger partial charge in [0, 0.05) is 30.3 Å². The summed E-state index contributed by atoms with van der Waals surface area (Å²) in [5.41, 5.74) is 8.06. The quantitative estimate of drug-likeness (QED) is 0.227. The fraction of sp³-hybridized carbons (Fsp3) is 0.375. The van der Waals surface area contributed by atoms with Crippen molar-refractivity contribution in [2.45, 2.75) is 57.9 Å². The van der Waals surface area contributed by atoms with Crippen molar-refractivity contribution < 1.29 is 8.81 Å². The van der Waals surface area contributed by atoms with Crippen LogP contribution in [0.2, 0.25) is 0 Å². The SMILES string of the molecule is Cc1cc(C(C)NCC2CCC2)cc2nc(-c3cc(-c4ccc(F)cc4-c4nncn4C)cc(C4CC4)n3)oc12. The highest BCUT2D eigenvalue weighted by atomic mass is 19.1. The maximum Gasteiger partial charge on any atom is 0.246 e. The van der Waals surface area contributed by atoms with Gasteiger partial charge in [0.2, 0.25) is 5.89 Å². The Hall–Kier alpha value is -3.91. The minimum Gasteiger partial charge on any atom is -0.434 e. The van der Waals surface area contributed by atoms with E-state index in [4.69, 9.17) is 14.4 Å². The summed E-state index contributed by atoms with van der Waals surface area (Å²) in [7, 11) is 1.86. The number of aryl methyl sites for hydroxylation is 2. The number of aromatic nitrogens is 5. The lowest BCUT2D eigenvalue weighted by atomic mass is 9.85. The van der Waals surface area contributed by atoms with Crippen LogP contribution < -0.4 is 5.32 Å². The standard InChI is InChI=1S/C32H33FN6O/c1-18-11-22(19(2)34-16-20-5-4-6-20)12-28-30(18)40-32(37-28)29-14-23(13-27(36-29)21-7-8-21)25-10-9-24(33)15-26(25)31-38-35-17-39(31)3/h9-15,17,19-21,34H,4-8,16H2,1-3H3. The van der Waals surface area contributed by atoms with Gasteiger partial charge in [-0.15, -0.1) is 10.2 Å². The molecule has 7 rings (SSSR count). The lowest BCUT2D eigenvalue weighted by Crippen LogP contribution is -2.29. The van der Waals surface area contributed by atoms with Crippen LogP contribution in [0, 0.1) is 18.7 Å². The van der Waals surface area contributed by atoms with Crippen LogP contribution in [0.1, 0.15) is 67.8 Å². The number of hydrogen-bond acceptors (Lipinski definition) is 6. The van der Waals surface area contributed by atoms with Crippen molar-refractivity contribution in [2.24, 2.45) is 13.0 Å². The summed E-state index contributed by atoms with van der Waals surface area (Å²) >= 11 is 0. The second kappa shape index (κ2) is 9.93. The molecule has 3 heterocycles. The first-order chi connectivity index (χ1) is 19.4. The Labute approximate surface area is 232 Å². The Kier molecular flexibility index (Phi) is 6.23. The summed E-state index contributed by atoms with van der Waals surface area (Å²) in [6, 6.07) is 13.5. The van der Waals surface area contributed by atoms with E-state index >= 15 is 0 Å². The molecule has 2 aliphatic carbocycles. The lowest BCUT2D eigenvalue weighted by Gasteiger charge is -2.27. The van der Waals surface area contributed by atoms with Crippen LogP contribution in [0.25, 0.3) is 45.2 Å². The normalized spacial score (nSPS) is 16.4. The number of nitrogens with one attached hydrogen (secondary N) is 1. The highest BCUT2D eigenvalue weighted by Crippen LogP contribution is 2.43. The molecule has 0 aliphatic heterocycles.